The average Bonchev–Trinajstić information content (AvgIpc) is 3.18. The Morgan fingerprint density at radius 1 is 1.14 bits per heavy atom. The van der Waals surface area contributed by atoms with Gasteiger partial charge in [-0.15, -0.1) is 0 Å². The molecule has 0 bridgehead atoms. The van der Waals surface area contributed by atoms with E-state index in [-0.39, 0.29) is 11.9 Å². The van der Waals surface area contributed by atoms with Gasteiger partial charge in [0, 0.05) is 32.2 Å². The second kappa shape index (κ2) is 10.2. The Morgan fingerprint density at radius 2 is 1.96 bits per heavy atom. The predicted octanol–water partition coefficient (Wildman–Crippen LogP) is 3.84. The van der Waals surface area contributed by atoms with Crippen LogP contribution in [0.3, 0.4) is 0 Å². The van der Waals surface area contributed by atoms with E-state index in [9.17, 15) is 8.78 Å². The molecule has 0 saturated carbocycles. The van der Waals surface area contributed by atoms with Crippen molar-refractivity contribution in [1.82, 2.24) is 10.6 Å². The highest BCUT2D eigenvalue weighted by Crippen LogP contribution is 2.34. The maximum Gasteiger partial charge on any atom is 0.191 e. The number of aliphatic imine (C=N–C) groups is 1. The van der Waals surface area contributed by atoms with Gasteiger partial charge in [0.1, 0.15) is 11.6 Å². The first kappa shape index (κ1) is 20.3. The summed E-state index contributed by atoms with van der Waals surface area (Å²) in [5.41, 5.74) is 1.54. The summed E-state index contributed by atoms with van der Waals surface area (Å²) in [6, 6.07) is 13.7. The summed E-state index contributed by atoms with van der Waals surface area (Å²) in [5, 5.41) is 6.41. The van der Waals surface area contributed by atoms with Gasteiger partial charge in [-0.2, -0.15) is 0 Å². The summed E-state index contributed by atoms with van der Waals surface area (Å²) in [6.07, 6.45) is 1.42. The van der Waals surface area contributed by atoms with E-state index < -0.39 is 5.82 Å². The topological polar surface area (TPSA) is 45.7 Å². The zero-order valence-corrected chi connectivity index (χ0v) is 16.1. The minimum Gasteiger partial charge on any atom is -0.373 e. The summed E-state index contributed by atoms with van der Waals surface area (Å²) in [4.78, 5) is 4.69. The Labute approximate surface area is 165 Å². The number of rotatable bonds is 7. The Morgan fingerprint density at radius 3 is 2.75 bits per heavy atom. The number of ether oxygens (including phenoxy) is 1. The third kappa shape index (κ3) is 5.52. The average molecular weight is 387 g/mol. The van der Waals surface area contributed by atoms with Crippen LogP contribution in [0.5, 0.6) is 0 Å². The smallest absolute Gasteiger partial charge is 0.191 e. The van der Waals surface area contributed by atoms with Gasteiger partial charge in [0.2, 0.25) is 0 Å². The first-order valence-electron chi connectivity index (χ1n) is 9.80. The first-order chi connectivity index (χ1) is 13.7. The minimum absolute atomic E-state index is 0.0641. The molecule has 1 fully saturated rings. The first-order valence-corrected chi connectivity index (χ1v) is 9.80. The molecule has 0 aromatic heterocycles. The van der Waals surface area contributed by atoms with Crippen LogP contribution in [-0.2, 0) is 11.2 Å². The second-order valence-electron chi connectivity index (χ2n) is 6.88. The highest BCUT2D eigenvalue weighted by molar-refractivity contribution is 5.79. The maximum absolute atomic E-state index is 13.7. The van der Waals surface area contributed by atoms with Crippen LogP contribution in [0.2, 0.25) is 0 Å². The molecular weight excluding hydrogens is 360 g/mol. The standard InChI is InChI=1S/C22H27F2N3O/c1-2-25-22(26-12-10-17-14-19(23)8-9-20(17)24)27-15-18-11-13-28-21(18)16-6-4-3-5-7-16/h3-9,14,18,21H,2,10-13,15H2,1H3,(H2,25,26,27). The van der Waals surface area contributed by atoms with E-state index in [1.165, 1.54) is 11.6 Å². The number of hydrogen-bond acceptors (Lipinski definition) is 2. The van der Waals surface area contributed by atoms with Crippen molar-refractivity contribution in [2.75, 3.05) is 26.2 Å². The molecule has 2 unspecified atom stereocenters. The molecule has 3 rings (SSSR count). The van der Waals surface area contributed by atoms with Crippen LogP contribution in [0.15, 0.2) is 53.5 Å². The lowest BCUT2D eigenvalue weighted by Crippen LogP contribution is -2.38. The molecule has 0 radical (unpaired) electrons. The molecule has 2 aromatic carbocycles. The third-order valence-electron chi connectivity index (χ3n) is 4.86. The van der Waals surface area contributed by atoms with E-state index in [1.54, 1.807) is 0 Å². The quantitative estimate of drug-likeness (QED) is 0.561. The lowest BCUT2D eigenvalue weighted by atomic mass is 9.95. The fourth-order valence-corrected chi connectivity index (χ4v) is 3.43. The number of guanidine groups is 1. The number of hydrogen-bond donors (Lipinski definition) is 2. The minimum atomic E-state index is -0.426. The molecule has 1 saturated heterocycles. The summed E-state index contributed by atoms with van der Waals surface area (Å²) < 4.78 is 33.0. The van der Waals surface area contributed by atoms with Crippen molar-refractivity contribution in [2.24, 2.45) is 10.9 Å². The Balaban J connectivity index is 1.57. The third-order valence-corrected chi connectivity index (χ3v) is 4.86. The maximum atomic E-state index is 13.7. The molecule has 150 valence electrons. The SMILES string of the molecule is CCNC(=NCC1CCOC1c1ccccc1)NCCc1cc(F)ccc1F. The summed E-state index contributed by atoms with van der Waals surface area (Å²) in [6.45, 7) is 4.57. The normalized spacial score (nSPS) is 19.6. The van der Waals surface area contributed by atoms with Gasteiger partial charge in [0.25, 0.3) is 0 Å². The van der Waals surface area contributed by atoms with Crippen molar-refractivity contribution in [3.63, 3.8) is 0 Å². The van der Waals surface area contributed by atoms with E-state index >= 15 is 0 Å². The molecule has 6 heteroatoms. The highest BCUT2D eigenvalue weighted by atomic mass is 19.1. The predicted molar refractivity (Wildman–Crippen MR) is 107 cm³/mol. The van der Waals surface area contributed by atoms with Crippen LogP contribution < -0.4 is 10.6 Å². The van der Waals surface area contributed by atoms with Crippen LogP contribution in [0.1, 0.15) is 30.6 Å². The fourth-order valence-electron chi connectivity index (χ4n) is 3.43. The van der Waals surface area contributed by atoms with Gasteiger partial charge in [0.15, 0.2) is 5.96 Å². The zero-order valence-electron chi connectivity index (χ0n) is 16.1. The molecule has 1 aliphatic heterocycles. The van der Waals surface area contributed by atoms with Crippen molar-refractivity contribution >= 4 is 5.96 Å². The molecule has 1 aliphatic rings. The van der Waals surface area contributed by atoms with Crippen molar-refractivity contribution in [3.8, 4) is 0 Å². The molecule has 4 nitrogen and oxygen atoms in total. The van der Waals surface area contributed by atoms with E-state index in [1.807, 2.05) is 25.1 Å². The zero-order chi connectivity index (χ0) is 19.8. The lowest BCUT2D eigenvalue weighted by molar-refractivity contribution is 0.0925. The van der Waals surface area contributed by atoms with Crippen LogP contribution in [0.25, 0.3) is 0 Å². The van der Waals surface area contributed by atoms with Crippen molar-refractivity contribution in [1.29, 1.82) is 0 Å². The largest absolute Gasteiger partial charge is 0.373 e. The van der Waals surface area contributed by atoms with E-state index in [0.717, 1.165) is 31.7 Å². The summed E-state index contributed by atoms with van der Waals surface area (Å²) in [5.74, 6) is 0.181. The molecule has 0 spiro atoms. The Hall–Kier alpha value is -2.47. The van der Waals surface area contributed by atoms with Crippen molar-refractivity contribution in [2.45, 2.75) is 25.9 Å². The molecule has 0 aliphatic carbocycles. The van der Waals surface area contributed by atoms with Gasteiger partial charge < -0.3 is 15.4 Å². The summed E-state index contributed by atoms with van der Waals surface area (Å²) >= 11 is 0. The van der Waals surface area contributed by atoms with Crippen LogP contribution in [0.4, 0.5) is 8.78 Å². The van der Waals surface area contributed by atoms with Gasteiger partial charge in [0.05, 0.1) is 6.10 Å². The number of nitrogens with zero attached hydrogens (tertiary/aromatic N) is 1. The number of nitrogens with one attached hydrogen (secondary N) is 2. The van der Waals surface area contributed by atoms with Gasteiger partial charge in [-0.3, -0.25) is 4.99 Å². The van der Waals surface area contributed by atoms with Crippen molar-refractivity contribution < 1.29 is 13.5 Å². The van der Waals surface area contributed by atoms with Gasteiger partial charge in [-0.25, -0.2) is 8.78 Å². The van der Waals surface area contributed by atoms with Crippen LogP contribution in [0, 0.1) is 17.6 Å². The monoisotopic (exact) mass is 387 g/mol. The molecular formula is C22H27F2N3O. The lowest BCUT2D eigenvalue weighted by Gasteiger charge is -2.18. The molecule has 0 amide bonds. The molecule has 1 heterocycles. The molecule has 2 N–H and O–H groups in total. The Kier molecular flexibility index (Phi) is 7.37. The molecule has 28 heavy (non-hydrogen) atoms. The number of benzene rings is 2. The highest BCUT2D eigenvalue weighted by Gasteiger charge is 2.29. The number of halogens is 2. The van der Waals surface area contributed by atoms with E-state index in [0.29, 0.717) is 37.0 Å². The van der Waals surface area contributed by atoms with Crippen LogP contribution in [-0.4, -0.2) is 32.2 Å². The van der Waals surface area contributed by atoms with Crippen molar-refractivity contribution in [3.05, 3.63) is 71.3 Å². The van der Waals surface area contributed by atoms with Gasteiger partial charge in [-0.05, 0) is 49.1 Å². The van der Waals surface area contributed by atoms with E-state index in [2.05, 4.69) is 27.8 Å². The second-order valence-corrected chi connectivity index (χ2v) is 6.88. The fraction of sp³-hybridized carbons (Fsp3) is 0.409. The summed E-state index contributed by atoms with van der Waals surface area (Å²) in [7, 11) is 0. The van der Waals surface area contributed by atoms with Gasteiger partial charge in [-0.1, -0.05) is 30.3 Å². The molecule has 2 atom stereocenters. The van der Waals surface area contributed by atoms with Gasteiger partial charge >= 0.3 is 0 Å². The van der Waals surface area contributed by atoms with Crippen LogP contribution >= 0.6 is 0 Å². The Bertz CT molecular complexity index is 783. The molecule has 2 aromatic rings. The van der Waals surface area contributed by atoms with E-state index in [4.69, 9.17) is 4.74 Å².